The minimum atomic E-state index is -0.705. The number of carbonyl (C=O) groups excluding carboxylic acids is 1. The molecule has 1 aromatic carbocycles. The number of para-hydroxylation sites is 1. The number of rotatable bonds is 3. The number of amides is 1. The number of phenolic OH excluding ortho intramolecular Hbond substituents is 1. The van der Waals surface area contributed by atoms with Gasteiger partial charge in [0, 0.05) is 6.07 Å². The molecule has 0 heterocycles. The molecule has 0 aliphatic rings. The van der Waals surface area contributed by atoms with Crippen molar-refractivity contribution < 1.29 is 14.8 Å². The first-order valence-electron chi connectivity index (χ1n) is 3.88. The lowest BCUT2D eigenvalue weighted by atomic mass is 10.2. The highest BCUT2D eigenvalue weighted by molar-refractivity contribution is 6.29. The topological polar surface area (TPSA) is 92.5 Å². The van der Waals surface area contributed by atoms with Crippen LogP contribution in [0.5, 0.6) is 5.75 Å². The van der Waals surface area contributed by atoms with Crippen LogP contribution in [-0.4, -0.2) is 21.8 Å². The van der Waals surface area contributed by atoms with Crippen LogP contribution in [-0.2, 0) is 4.79 Å². The summed E-state index contributed by atoms with van der Waals surface area (Å²) in [6.45, 7) is 0. The Labute approximate surface area is 89.6 Å². The Morgan fingerprint density at radius 3 is 2.80 bits per heavy atom. The van der Waals surface area contributed by atoms with Gasteiger partial charge in [-0.2, -0.15) is 0 Å². The standard InChI is InChI=1S/C8H7ClN2O4/c9-4-7(13)10-8-5(11(14)15)2-1-3-6(8)12/h1-3,12H,4H2,(H,10,13). The van der Waals surface area contributed by atoms with Crippen molar-refractivity contribution in [2.24, 2.45) is 0 Å². The highest BCUT2D eigenvalue weighted by Crippen LogP contribution is 2.32. The number of nitro benzene ring substituents is 1. The third-order valence-electron chi connectivity index (χ3n) is 1.60. The summed E-state index contributed by atoms with van der Waals surface area (Å²) in [6, 6.07) is 3.71. The van der Waals surface area contributed by atoms with E-state index in [1.54, 1.807) is 0 Å². The fourth-order valence-corrected chi connectivity index (χ4v) is 1.05. The quantitative estimate of drug-likeness (QED) is 0.356. The van der Waals surface area contributed by atoms with Gasteiger partial charge in [0.25, 0.3) is 5.69 Å². The zero-order valence-corrected chi connectivity index (χ0v) is 8.19. The second-order valence-corrected chi connectivity index (χ2v) is 2.88. The van der Waals surface area contributed by atoms with Crippen LogP contribution in [0, 0.1) is 10.1 Å². The average Bonchev–Trinajstić information content (AvgIpc) is 2.20. The molecular formula is C8H7ClN2O4. The van der Waals surface area contributed by atoms with E-state index in [0.29, 0.717) is 0 Å². The summed E-state index contributed by atoms with van der Waals surface area (Å²) in [5, 5.41) is 22.0. The van der Waals surface area contributed by atoms with E-state index in [4.69, 9.17) is 11.6 Å². The second-order valence-electron chi connectivity index (χ2n) is 2.61. The molecule has 0 saturated carbocycles. The van der Waals surface area contributed by atoms with Crippen LogP contribution in [0.3, 0.4) is 0 Å². The number of hydrogen-bond donors (Lipinski definition) is 2. The molecule has 1 rings (SSSR count). The number of nitro groups is 1. The van der Waals surface area contributed by atoms with Gasteiger partial charge in [-0.15, -0.1) is 11.6 Å². The summed E-state index contributed by atoms with van der Waals surface area (Å²) in [5.74, 6) is -1.34. The van der Waals surface area contributed by atoms with Crippen LogP contribution < -0.4 is 5.32 Å². The van der Waals surface area contributed by atoms with Gasteiger partial charge in [-0.05, 0) is 6.07 Å². The van der Waals surface area contributed by atoms with E-state index in [2.05, 4.69) is 5.32 Å². The Kier molecular flexibility index (Phi) is 3.46. The summed E-state index contributed by atoms with van der Waals surface area (Å²) in [5.41, 5.74) is -0.624. The van der Waals surface area contributed by atoms with Gasteiger partial charge in [-0.1, -0.05) is 6.07 Å². The number of anilines is 1. The molecule has 6 nitrogen and oxygen atoms in total. The van der Waals surface area contributed by atoms with E-state index in [0.717, 1.165) is 0 Å². The van der Waals surface area contributed by atoms with Gasteiger partial charge in [-0.3, -0.25) is 14.9 Å². The number of phenols is 1. The monoisotopic (exact) mass is 230 g/mol. The Morgan fingerprint density at radius 1 is 1.60 bits per heavy atom. The minimum absolute atomic E-state index is 0.242. The van der Waals surface area contributed by atoms with Gasteiger partial charge in [0.15, 0.2) is 5.69 Å². The molecular weight excluding hydrogens is 224 g/mol. The second kappa shape index (κ2) is 4.61. The van der Waals surface area contributed by atoms with Gasteiger partial charge in [0.05, 0.1) is 4.92 Å². The van der Waals surface area contributed by atoms with Crippen molar-refractivity contribution in [2.75, 3.05) is 11.2 Å². The Hall–Kier alpha value is -1.82. The number of halogens is 1. The summed E-state index contributed by atoms with van der Waals surface area (Å²) in [4.78, 5) is 20.8. The van der Waals surface area contributed by atoms with Crippen molar-refractivity contribution in [3.8, 4) is 5.75 Å². The number of aromatic hydroxyl groups is 1. The maximum atomic E-state index is 10.9. The highest BCUT2D eigenvalue weighted by Gasteiger charge is 2.18. The average molecular weight is 231 g/mol. The third kappa shape index (κ3) is 2.57. The van der Waals surface area contributed by atoms with Crippen molar-refractivity contribution in [1.29, 1.82) is 0 Å². The summed E-state index contributed by atoms with van der Waals surface area (Å²) in [6.07, 6.45) is 0. The van der Waals surface area contributed by atoms with Gasteiger partial charge in [0.2, 0.25) is 5.91 Å². The predicted molar refractivity (Wildman–Crippen MR) is 54.1 cm³/mol. The lowest BCUT2D eigenvalue weighted by molar-refractivity contribution is -0.384. The third-order valence-corrected chi connectivity index (χ3v) is 1.85. The largest absolute Gasteiger partial charge is 0.505 e. The van der Waals surface area contributed by atoms with Crippen molar-refractivity contribution in [3.05, 3.63) is 28.3 Å². The molecule has 0 fully saturated rings. The molecule has 0 spiro atoms. The number of nitrogens with one attached hydrogen (secondary N) is 1. The van der Waals surface area contributed by atoms with E-state index < -0.39 is 10.8 Å². The van der Waals surface area contributed by atoms with Crippen molar-refractivity contribution in [1.82, 2.24) is 0 Å². The van der Waals surface area contributed by atoms with Crippen molar-refractivity contribution in [3.63, 3.8) is 0 Å². The summed E-state index contributed by atoms with van der Waals surface area (Å²) in [7, 11) is 0. The SMILES string of the molecule is O=C(CCl)Nc1c(O)cccc1[N+](=O)[O-]. The van der Waals surface area contributed by atoms with Crippen LogP contribution in [0.4, 0.5) is 11.4 Å². The molecule has 0 aromatic heterocycles. The number of alkyl halides is 1. The molecule has 0 bridgehead atoms. The molecule has 0 atom stereocenters. The lowest BCUT2D eigenvalue weighted by Crippen LogP contribution is -2.13. The van der Waals surface area contributed by atoms with Crippen LogP contribution in [0.25, 0.3) is 0 Å². The number of benzene rings is 1. The van der Waals surface area contributed by atoms with Gasteiger partial charge < -0.3 is 10.4 Å². The smallest absolute Gasteiger partial charge is 0.296 e. The van der Waals surface area contributed by atoms with E-state index >= 15 is 0 Å². The van der Waals surface area contributed by atoms with Gasteiger partial charge in [-0.25, -0.2) is 0 Å². The first kappa shape index (κ1) is 11.3. The van der Waals surface area contributed by atoms with Gasteiger partial charge >= 0.3 is 0 Å². The molecule has 15 heavy (non-hydrogen) atoms. The fraction of sp³-hybridized carbons (Fsp3) is 0.125. The predicted octanol–water partition coefficient (Wildman–Crippen LogP) is 1.48. The van der Waals surface area contributed by atoms with Crippen LogP contribution >= 0.6 is 11.6 Å². The van der Waals surface area contributed by atoms with E-state index in [1.165, 1.54) is 18.2 Å². The number of nitrogens with zero attached hydrogens (tertiary/aromatic N) is 1. The molecule has 0 aliphatic heterocycles. The van der Waals surface area contributed by atoms with Crippen LogP contribution in [0.2, 0.25) is 0 Å². The van der Waals surface area contributed by atoms with E-state index in [1.807, 2.05) is 0 Å². The zero-order valence-electron chi connectivity index (χ0n) is 7.44. The maximum Gasteiger partial charge on any atom is 0.296 e. The molecule has 0 unspecified atom stereocenters. The van der Waals surface area contributed by atoms with E-state index in [9.17, 15) is 20.0 Å². The molecule has 0 radical (unpaired) electrons. The molecule has 0 saturated heterocycles. The van der Waals surface area contributed by atoms with Crippen LogP contribution in [0.15, 0.2) is 18.2 Å². The molecule has 2 N–H and O–H groups in total. The Balaban J connectivity index is 3.13. The minimum Gasteiger partial charge on any atom is -0.505 e. The van der Waals surface area contributed by atoms with Crippen molar-refractivity contribution >= 4 is 28.9 Å². The Morgan fingerprint density at radius 2 is 2.27 bits per heavy atom. The molecule has 0 aliphatic carbocycles. The highest BCUT2D eigenvalue weighted by atomic mass is 35.5. The molecule has 80 valence electrons. The first-order chi connectivity index (χ1) is 7.06. The Bertz CT molecular complexity index is 408. The lowest BCUT2D eigenvalue weighted by Gasteiger charge is -2.05. The zero-order chi connectivity index (χ0) is 11.4. The molecule has 1 amide bonds. The summed E-state index contributed by atoms with van der Waals surface area (Å²) >= 11 is 5.22. The number of hydrogen-bond acceptors (Lipinski definition) is 4. The van der Waals surface area contributed by atoms with Crippen molar-refractivity contribution in [2.45, 2.75) is 0 Å². The summed E-state index contributed by atoms with van der Waals surface area (Å²) < 4.78 is 0. The fourth-order valence-electron chi connectivity index (χ4n) is 0.981. The first-order valence-corrected chi connectivity index (χ1v) is 4.42. The molecule has 7 heteroatoms. The van der Waals surface area contributed by atoms with E-state index in [-0.39, 0.29) is 23.0 Å². The molecule has 1 aromatic rings. The maximum absolute atomic E-state index is 10.9. The van der Waals surface area contributed by atoms with Gasteiger partial charge in [0.1, 0.15) is 11.6 Å². The normalized spacial score (nSPS) is 9.67. The number of carbonyl (C=O) groups is 1. The van der Waals surface area contributed by atoms with Crippen LogP contribution in [0.1, 0.15) is 0 Å².